The van der Waals surface area contributed by atoms with Gasteiger partial charge in [0, 0.05) is 12.6 Å². The molecule has 2 rings (SSSR count). The van der Waals surface area contributed by atoms with Crippen molar-refractivity contribution in [3.8, 4) is 0 Å². The van der Waals surface area contributed by atoms with E-state index < -0.39 is 0 Å². The van der Waals surface area contributed by atoms with Crippen molar-refractivity contribution in [3.05, 3.63) is 35.4 Å². The molecule has 0 amide bonds. The Morgan fingerprint density at radius 2 is 1.65 bits per heavy atom. The molecular weight excluding hydrogens is 246 g/mol. The van der Waals surface area contributed by atoms with Crippen LogP contribution >= 0.6 is 0 Å². The zero-order valence-electron chi connectivity index (χ0n) is 13.2. The molecule has 2 heteroatoms. The Balaban J connectivity index is 1.69. The minimum absolute atomic E-state index is 0.392. The number of benzene rings is 1. The maximum Gasteiger partial charge on any atom is 0.0594 e. The van der Waals surface area contributed by atoms with Crippen molar-refractivity contribution >= 4 is 0 Å². The lowest BCUT2D eigenvalue weighted by molar-refractivity contribution is 0.0593. The van der Waals surface area contributed by atoms with E-state index in [0.717, 1.165) is 13.2 Å². The molecule has 1 fully saturated rings. The number of hydrogen-bond donors (Lipinski definition) is 1. The Bertz CT molecular complexity index is 379. The van der Waals surface area contributed by atoms with Gasteiger partial charge in [-0.15, -0.1) is 0 Å². The van der Waals surface area contributed by atoms with Crippen LogP contribution in [0.5, 0.6) is 0 Å². The van der Waals surface area contributed by atoms with Crippen molar-refractivity contribution in [1.82, 2.24) is 5.32 Å². The lowest BCUT2D eigenvalue weighted by Gasteiger charge is -2.17. The highest BCUT2D eigenvalue weighted by molar-refractivity contribution is 5.26. The maximum atomic E-state index is 5.88. The fourth-order valence-corrected chi connectivity index (χ4v) is 2.84. The molecule has 1 aromatic carbocycles. The van der Waals surface area contributed by atoms with E-state index in [0.29, 0.717) is 18.1 Å². The monoisotopic (exact) mass is 275 g/mol. The first kappa shape index (κ1) is 15.5. The van der Waals surface area contributed by atoms with Crippen molar-refractivity contribution < 1.29 is 4.74 Å². The Kier molecular flexibility index (Phi) is 6.06. The predicted octanol–water partition coefficient (Wildman–Crippen LogP) is 4.42. The van der Waals surface area contributed by atoms with Crippen molar-refractivity contribution in [2.45, 2.75) is 64.5 Å². The summed E-state index contributed by atoms with van der Waals surface area (Å²) in [6.07, 6.45) is 5.73. The SMILES string of the molecule is CC(C)c1ccc(C(C)NCCOC2CCCC2)cc1. The van der Waals surface area contributed by atoms with Crippen LogP contribution in [0.4, 0.5) is 0 Å². The quantitative estimate of drug-likeness (QED) is 0.744. The molecule has 1 unspecified atom stereocenters. The van der Waals surface area contributed by atoms with Gasteiger partial charge in [-0.2, -0.15) is 0 Å². The highest BCUT2D eigenvalue weighted by Crippen LogP contribution is 2.21. The lowest BCUT2D eigenvalue weighted by Crippen LogP contribution is -2.25. The Morgan fingerprint density at radius 1 is 1.05 bits per heavy atom. The summed E-state index contributed by atoms with van der Waals surface area (Å²) >= 11 is 0. The van der Waals surface area contributed by atoms with Gasteiger partial charge in [0.15, 0.2) is 0 Å². The molecule has 0 bridgehead atoms. The molecule has 20 heavy (non-hydrogen) atoms. The van der Waals surface area contributed by atoms with Gasteiger partial charge in [-0.25, -0.2) is 0 Å². The van der Waals surface area contributed by atoms with Gasteiger partial charge in [0.2, 0.25) is 0 Å². The van der Waals surface area contributed by atoms with E-state index in [1.54, 1.807) is 0 Å². The average molecular weight is 275 g/mol. The first-order valence-corrected chi connectivity index (χ1v) is 8.11. The normalized spacial score (nSPS) is 17.8. The van der Waals surface area contributed by atoms with Crippen LogP contribution in [-0.2, 0) is 4.74 Å². The topological polar surface area (TPSA) is 21.3 Å². The van der Waals surface area contributed by atoms with E-state index in [9.17, 15) is 0 Å². The molecule has 1 atom stereocenters. The third-order valence-corrected chi connectivity index (χ3v) is 4.31. The van der Waals surface area contributed by atoms with Crippen LogP contribution in [0.1, 0.15) is 69.5 Å². The second-order valence-corrected chi connectivity index (χ2v) is 6.27. The van der Waals surface area contributed by atoms with Gasteiger partial charge in [0.25, 0.3) is 0 Å². The Morgan fingerprint density at radius 3 is 2.25 bits per heavy atom. The van der Waals surface area contributed by atoms with Crippen LogP contribution < -0.4 is 5.32 Å². The third-order valence-electron chi connectivity index (χ3n) is 4.31. The molecule has 0 radical (unpaired) electrons. The molecule has 2 nitrogen and oxygen atoms in total. The van der Waals surface area contributed by atoms with Gasteiger partial charge in [-0.3, -0.25) is 0 Å². The largest absolute Gasteiger partial charge is 0.377 e. The zero-order valence-corrected chi connectivity index (χ0v) is 13.2. The van der Waals surface area contributed by atoms with Crippen molar-refractivity contribution in [2.24, 2.45) is 0 Å². The fraction of sp³-hybridized carbons (Fsp3) is 0.667. The number of nitrogens with one attached hydrogen (secondary N) is 1. The molecule has 0 spiro atoms. The van der Waals surface area contributed by atoms with Crippen LogP contribution in [-0.4, -0.2) is 19.3 Å². The standard InChI is InChI=1S/C18H29NO/c1-14(2)16-8-10-17(11-9-16)15(3)19-12-13-20-18-6-4-5-7-18/h8-11,14-15,18-19H,4-7,12-13H2,1-3H3. The maximum absolute atomic E-state index is 5.88. The molecule has 0 aliphatic heterocycles. The van der Waals surface area contributed by atoms with Crippen molar-refractivity contribution in [1.29, 1.82) is 0 Å². The summed E-state index contributed by atoms with van der Waals surface area (Å²) in [5.74, 6) is 0.604. The molecule has 1 N–H and O–H groups in total. The Hall–Kier alpha value is -0.860. The summed E-state index contributed by atoms with van der Waals surface area (Å²) in [6, 6.07) is 9.36. The van der Waals surface area contributed by atoms with Gasteiger partial charge in [-0.05, 0) is 36.8 Å². The van der Waals surface area contributed by atoms with Gasteiger partial charge in [-0.1, -0.05) is 51.0 Å². The summed E-state index contributed by atoms with van der Waals surface area (Å²) in [7, 11) is 0. The molecule has 0 aromatic heterocycles. The second-order valence-electron chi connectivity index (χ2n) is 6.27. The van der Waals surface area contributed by atoms with Gasteiger partial charge in [0.1, 0.15) is 0 Å². The van der Waals surface area contributed by atoms with E-state index in [2.05, 4.69) is 50.4 Å². The fourth-order valence-electron chi connectivity index (χ4n) is 2.84. The highest BCUT2D eigenvalue weighted by Gasteiger charge is 2.14. The smallest absolute Gasteiger partial charge is 0.0594 e. The van der Waals surface area contributed by atoms with Crippen molar-refractivity contribution in [3.63, 3.8) is 0 Å². The van der Waals surface area contributed by atoms with Gasteiger partial charge >= 0.3 is 0 Å². The third kappa shape index (κ3) is 4.60. The van der Waals surface area contributed by atoms with E-state index in [1.165, 1.54) is 36.8 Å². The lowest BCUT2D eigenvalue weighted by atomic mass is 10.00. The summed E-state index contributed by atoms with van der Waals surface area (Å²) in [5, 5.41) is 3.55. The van der Waals surface area contributed by atoms with Crippen LogP contribution in [0.3, 0.4) is 0 Å². The Labute approximate surface area is 123 Å². The van der Waals surface area contributed by atoms with Crippen LogP contribution in [0.2, 0.25) is 0 Å². The molecular formula is C18H29NO. The molecule has 1 aliphatic carbocycles. The summed E-state index contributed by atoms with van der Waals surface area (Å²) in [6.45, 7) is 8.46. The minimum atomic E-state index is 0.392. The van der Waals surface area contributed by atoms with E-state index in [4.69, 9.17) is 4.74 Å². The van der Waals surface area contributed by atoms with E-state index >= 15 is 0 Å². The number of hydrogen-bond acceptors (Lipinski definition) is 2. The van der Waals surface area contributed by atoms with Gasteiger partial charge < -0.3 is 10.1 Å². The second kappa shape index (κ2) is 7.80. The average Bonchev–Trinajstić information content (AvgIpc) is 2.96. The minimum Gasteiger partial charge on any atom is -0.377 e. The summed E-state index contributed by atoms with van der Waals surface area (Å²) in [5.41, 5.74) is 2.76. The highest BCUT2D eigenvalue weighted by atomic mass is 16.5. The van der Waals surface area contributed by atoms with Gasteiger partial charge in [0.05, 0.1) is 12.7 Å². The molecule has 1 aliphatic rings. The molecule has 1 saturated carbocycles. The van der Waals surface area contributed by atoms with Crippen LogP contribution in [0.25, 0.3) is 0 Å². The number of ether oxygens (including phenoxy) is 1. The van der Waals surface area contributed by atoms with Crippen LogP contribution in [0, 0.1) is 0 Å². The molecule has 1 aromatic rings. The predicted molar refractivity (Wildman–Crippen MR) is 85.2 cm³/mol. The van der Waals surface area contributed by atoms with Crippen molar-refractivity contribution in [2.75, 3.05) is 13.2 Å². The molecule has 0 saturated heterocycles. The number of rotatable bonds is 7. The van der Waals surface area contributed by atoms with Crippen LogP contribution in [0.15, 0.2) is 24.3 Å². The first-order valence-electron chi connectivity index (χ1n) is 8.11. The summed E-state index contributed by atoms with van der Waals surface area (Å²) in [4.78, 5) is 0. The van der Waals surface area contributed by atoms with E-state index in [-0.39, 0.29) is 0 Å². The van der Waals surface area contributed by atoms with E-state index in [1.807, 2.05) is 0 Å². The molecule has 0 heterocycles. The molecule has 112 valence electrons. The zero-order chi connectivity index (χ0) is 14.4. The first-order chi connectivity index (χ1) is 9.66. The summed E-state index contributed by atoms with van der Waals surface area (Å²) < 4.78 is 5.88.